The van der Waals surface area contributed by atoms with Gasteiger partial charge in [0.15, 0.2) is 0 Å². The lowest BCUT2D eigenvalue weighted by atomic mass is 9.88. The highest BCUT2D eigenvalue weighted by molar-refractivity contribution is 5.33. The highest BCUT2D eigenvalue weighted by Gasteiger charge is 2.11. The van der Waals surface area contributed by atoms with Gasteiger partial charge < -0.3 is 0 Å². The molecule has 110 valence electrons. The van der Waals surface area contributed by atoms with Crippen LogP contribution in [0.1, 0.15) is 88.7 Å². The first-order chi connectivity index (χ1) is 9.81. The van der Waals surface area contributed by atoms with Crippen LogP contribution in [0.25, 0.3) is 0 Å². The lowest BCUT2D eigenvalue weighted by Gasteiger charge is -2.17. The van der Waals surface area contributed by atoms with Crippen molar-refractivity contribution in [2.24, 2.45) is 0 Å². The molecule has 0 aliphatic rings. The summed E-state index contributed by atoms with van der Waals surface area (Å²) in [5.41, 5.74) is 2.20. The number of benzene rings is 1. The molecule has 1 atom stereocenters. The van der Waals surface area contributed by atoms with Crippen molar-refractivity contribution in [3.8, 4) is 6.07 Å². The van der Waals surface area contributed by atoms with Gasteiger partial charge in [-0.15, -0.1) is 0 Å². The van der Waals surface area contributed by atoms with Gasteiger partial charge >= 0.3 is 0 Å². The summed E-state index contributed by atoms with van der Waals surface area (Å²) in [6.07, 6.45) is 11.9. The molecule has 1 rings (SSSR count). The summed E-state index contributed by atoms with van der Waals surface area (Å²) in [6.45, 7) is 4.53. The van der Waals surface area contributed by atoms with Crippen LogP contribution in [0.3, 0.4) is 0 Å². The van der Waals surface area contributed by atoms with Crippen LogP contribution < -0.4 is 0 Å². The second kappa shape index (κ2) is 10.5. The Hall–Kier alpha value is -1.29. The van der Waals surface area contributed by atoms with E-state index < -0.39 is 0 Å². The van der Waals surface area contributed by atoms with E-state index in [1.165, 1.54) is 63.4 Å². The molecule has 0 radical (unpaired) electrons. The summed E-state index contributed by atoms with van der Waals surface area (Å²) in [6, 6.07) is 10.5. The van der Waals surface area contributed by atoms with Crippen LogP contribution in [-0.2, 0) is 0 Å². The average molecular weight is 271 g/mol. The monoisotopic (exact) mass is 271 g/mol. The van der Waals surface area contributed by atoms with E-state index >= 15 is 0 Å². The Bertz CT molecular complexity index is 385. The summed E-state index contributed by atoms with van der Waals surface area (Å²) >= 11 is 0. The number of hydrogen-bond acceptors (Lipinski definition) is 1. The number of unbranched alkanes of at least 4 members (excludes halogenated alkanes) is 5. The van der Waals surface area contributed by atoms with Crippen molar-refractivity contribution >= 4 is 0 Å². The first-order valence-electron chi connectivity index (χ1n) is 8.31. The number of hydrogen-bond donors (Lipinski definition) is 0. The maximum atomic E-state index is 8.89. The van der Waals surface area contributed by atoms with Crippen molar-refractivity contribution < 1.29 is 0 Å². The number of nitrogens with zero attached hydrogens (tertiary/aromatic N) is 1. The molecule has 1 unspecified atom stereocenters. The fourth-order valence-corrected chi connectivity index (χ4v) is 2.77. The van der Waals surface area contributed by atoms with Gasteiger partial charge in [0.1, 0.15) is 0 Å². The predicted molar refractivity (Wildman–Crippen MR) is 86.8 cm³/mol. The van der Waals surface area contributed by atoms with E-state index in [1.807, 2.05) is 12.1 Å². The molecule has 0 heterocycles. The molecule has 1 heteroatoms. The van der Waals surface area contributed by atoms with E-state index in [9.17, 15) is 0 Å². The quantitative estimate of drug-likeness (QED) is 0.465. The number of rotatable bonds is 10. The molecular formula is C19H29N. The zero-order valence-corrected chi connectivity index (χ0v) is 13.2. The summed E-state index contributed by atoms with van der Waals surface area (Å²) in [5.74, 6) is 0.686. The van der Waals surface area contributed by atoms with Crippen molar-refractivity contribution in [1.82, 2.24) is 0 Å². The van der Waals surface area contributed by atoms with Crippen molar-refractivity contribution in [3.63, 3.8) is 0 Å². The minimum absolute atomic E-state index is 0.686. The van der Waals surface area contributed by atoms with Crippen LogP contribution in [0.4, 0.5) is 0 Å². The first kappa shape index (κ1) is 16.8. The minimum atomic E-state index is 0.686. The van der Waals surface area contributed by atoms with Crippen LogP contribution in [-0.4, -0.2) is 0 Å². The zero-order chi connectivity index (χ0) is 14.6. The molecule has 0 aromatic heterocycles. The van der Waals surface area contributed by atoms with Gasteiger partial charge in [0.2, 0.25) is 0 Å². The van der Waals surface area contributed by atoms with Crippen molar-refractivity contribution in [3.05, 3.63) is 35.4 Å². The molecule has 0 aliphatic carbocycles. The molecule has 0 saturated heterocycles. The Labute approximate surface area is 125 Å². The van der Waals surface area contributed by atoms with E-state index in [2.05, 4.69) is 32.0 Å². The maximum Gasteiger partial charge on any atom is 0.0991 e. The summed E-state index contributed by atoms with van der Waals surface area (Å²) in [5, 5.41) is 8.89. The van der Waals surface area contributed by atoms with Gasteiger partial charge in [-0.2, -0.15) is 5.26 Å². The van der Waals surface area contributed by atoms with E-state index in [1.54, 1.807) is 0 Å². The molecule has 1 nitrogen and oxygen atoms in total. The molecule has 0 aliphatic heterocycles. The Balaban J connectivity index is 2.57. The SMILES string of the molecule is CCCCCCC(CCCCC)c1ccc(C#N)cc1. The van der Waals surface area contributed by atoms with Crippen LogP contribution in [0, 0.1) is 11.3 Å². The normalized spacial score (nSPS) is 12.1. The maximum absolute atomic E-state index is 8.89. The minimum Gasteiger partial charge on any atom is -0.192 e. The third-order valence-corrected chi connectivity index (χ3v) is 4.07. The topological polar surface area (TPSA) is 23.8 Å². The van der Waals surface area contributed by atoms with Crippen molar-refractivity contribution in [2.45, 2.75) is 77.6 Å². The van der Waals surface area contributed by atoms with Crippen molar-refractivity contribution in [1.29, 1.82) is 5.26 Å². The molecule has 0 fully saturated rings. The smallest absolute Gasteiger partial charge is 0.0991 e. The van der Waals surface area contributed by atoms with Gasteiger partial charge in [-0.1, -0.05) is 70.9 Å². The van der Waals surface area contributed by atoms with Gasteiger partial charge in [-0.25, -0.2) is 0 Å². The Kier molecular flexibility index (Phi) is 8.79. The van der Waals surface area contributed by atoms with E-state index in [0.29, 0.717) is 5.92 Å². The van der Waals surface area contributed by atoms with Gasteiger partial charge in [0.05, 0.1) is 11.6 Å². The molecule has 0 bridgehead atoms. The summed E-state index contributed by atoms with van der Waals surface area (Å²) in [4.78, 5) is 0. The van der Waals surface area contributed by atoms with Gasteiger partial charge in [0, 0.05) is 0 Å². The lowest BCUT2D eigenvalue weighted by Crippen LogP contribution is -2.00. The molecular weight excluding hydrogens is 242 g/mol. The van der Waals surface area contributed by atoms with Crippen LogP contribution in [0.2, 0.25) is 0 Å². The molecule has 0 saturated carbocycles. The molecule has 20 heavy (non-hydrogen) atoms. The van der Waals surface area contributed by atoms with Crippen LogP contribution >= 0.6 is 0 Å². The Morgan fingerprint density at radius 3 is 1.95 bits per heavy atom. The first-order valence-corrected chi connectivity index (χ1v) is 8.31. The van der Waals surface area contributed by atoms with Gasteiger partial charge in [0.25, 0.3) is 0 Å². The van der Waals surface area contributed by atoms with E-state index in [4.69, 9.17) is 5.26 Å². The summed E-state index contributed by atoms with van der Waals surface area (Å²) in [7, 11) is 0. The van der Waals surface area contributed by atoms with E-state index in [-0.39, 0.29) is 0 Å². The van der Waals surface area contributed by atoms with Crippen molar-refractivity contribution in [2.75, 3.05) is 0 Å². The third-order valence-electron chi connectivity index (χ3n) is 4.07. The molecule has 1 aromatic rings. The Morgan fingerprint density at radius 2 is 1.40 bits per heavy atom. The lowest BCUT2D eigenvalue weighted by molar-refractivity contribution is 0.501. The molecule has 1 aromatic carbocycles. The molecule has 0 amide bonds. The largest absolute Gasteiger partial charge is 0.192 e. The predicted octanol–water partition coefficient (Wildman–Crippen LogP) is 6.19. The van der Waals surface area contributed by atoms with Gasteiger partial charge in [-0.3, -0.25) is 0 Å². The highest BCUT2D eigenvalue weighted by Crippen LogP contribution is 2.28. The van der Waals surface area contributed by atoms with Gasteiger partial charge in [-0.05, 0) is 36.5 Å². The average Bonchev–Trinajstić information content (AvgIpc) is 2.50. The number of nitriles is 1. The van der Waals surface area contributed by atoms with E-state index in [0.717, 1.165) is 5.56 Å². The second-order valence-electron chi connectivity index (χ2n) is 5.78. The van der Waals surface area contributed by atoms with Crippen LogP contribution in [0.15, 0.2) is 24.3 Å². The second-order valence-corrected chi connectivity index (χ2v) is 5.78. The fourth-order valence-electron chi connectivity index (χ4n) is 2.77. The Morgan fingerprint density at radius 1 is 0.850 bits per heavy atom. The highest BCUT2D eigenvalue weighted by atomic mass is 14.2. The fraction of sp³-hybridized carbons (Fsp3) is 0.632. The summed E-state index contributed by atoms with van der Waals surface area (Å²) < 4.78 is 0. The standard InChI is InChI=1S/C19H29N/c1-3-5-7-9-11-18(10-8-6-4-2)19-14-12-17(16-20)13-15-19/h12-15,18H,3-11H2,1-2H3. The zero-order valence-electron chi connectivity index (χ0n) is 13.2. The third kappa shape index (κ3) is 6.24. The molecule has 0 spiro atoms. The van der Waals surface area contributed by atoms with Crippen LogP contribution in [0.5, 0.6) is 0 Å². The molecule has 0 N–H and O–H groups in total.